The summed E-state index contributed by atoms with van der Waals surface area (Å²) in [7, 11) is 0. The van der Waals surface area contributed by atoms with E-state index in [1.165, 1.54) is 24.3 Å². The lowest BCUT2D eigenvalue weighted by atomic mass is 9.91. The Bertz CT molecular complexity index is 1400. The third kappa shape index (κ3) is 6.92. The number of benzene rings is 4. The number of para-hydroxylation sites is 2. The molecule has 0 atom stereocenters. The van der Waals surface area contributed by atoms with Gasteiger partial charge in [-0.1, -0.05) is 91.8 Å². The standard InChI is InChI=1S/C38H42F2N2/c1-23(2)31-11-9-12-32(24(3)4)37(31)41-35(27-15-19-29(39)20-16-27)36(28-17-21-30(40)22-18-28)42-38-33(25(5)6)13-10-14-34(38)26(7)8/h9-26H,1-8H3. The van der Waals surface area contributed by atoms with Crippen molar-refractivity contribution < 1.29 is 8.78 Å². The van der Waals surface area contributed by atoms with Crippen LogP contribution in [0.2, 0.25) is 0 Å². The first-order chi connectivity index (χ1) is 20.0. The Morgan fingerprint density at radius 1 is 0.429 bits per heavy atom. The molecule has 0 fully saturated rings. The molecule has 2 nitrogen and oxygen atoms in total. The molecule has 0 aliphatic carbocycles. The van der Waals surface area contributed by atoms with Gasteiger partial charge in [0, 0.05) is 11.1 Å². The van der Waals surface area contributed by atoms with Crippen LogP contribution in [-0.4, -0.2) is 11.4 Å². The number of halogens is 2. The van der Waals surface area contributed by atoms with Crippen LogP contribution in [0, 0.1) is 11.6 Å². The van der Waals surface area contributed by atoms with Crippen molar-refractivity contribution in [1.29, 1.82) is 0 Å². The third-order valence-electron chi connectivity index (χ3n) is 7.59. The molecule has 4 rings (SSSR count). The van der Waals surface area contributed by atoms with Gasteiger partial charge in [-0.2, -0.15) is 0 Å². The second kappa shape index (κ2) is 13.4. The largest absolute Gasteiger partial charge is 0.246 e. The monoisotopic (exact) mass is 564 g/mol. The summed E-state index contributed by atoms with van der Waals surface area (Å²) in [5, 5.41) is 0. The second-order valence-electron chi connectivity index (χ2n) is 12.1. The first-order valence-electron chi connectivity index (χ1n) is 14.9. The molecule has 0 radical (unpaired) electrons. The van der Waals surface area contributed by atoms with E-state index in [9.17, 15) is 8.78 Å². The lowest BCUT2D eigenvalue weighted by molar-refractivity contribution is 0.627. The molecule has 4 aromatic rings. The van der Waals surface area contributed by atoms with Crippen LogP contribution in [0.15, 0.2) is 94.9 Å². The average molecular weight is 565 g/mol. The second-order valence-corrected chi connectivity index (χ2v) is 12.1. The quantitative estimate of drug-likeness (QED) is 0.181. The van der Waals surface area contributed by atoms with Crippen molar-refractivity contribution >= 4 is 22.8 Å². The first kappa shape index (κ1) is 31.0. The van der Waals surface area contributed by atoms with Crippen molar-refractivity contribution in [3.8, 4) is 0 Å². The van der Waals surface area contributed by atoms with Gasteiger partial charge in [-0.15, -0.1) is 0 Å². The average Bonchev–Trinajstić information content (AvgIpc) is 2.95. The van der Waals surface area contributed by atoms with Gasteiger partial charge in [0.2, 0.25) is 0 Å². The molecule has 0 saturated heterocycles. The highest BCUT2D eigenvalue weighted by Crippen LogP contribution is 2.38. The van der Waals surface area contributed by atoms with E-state index in [2.05, 4.69) is 91.8 Å². The number of hydrogen-bond acceptors (Lipinski definition) is 2. The molecule has 218 valence electrons. The molecular formula is C38H42F2N2. The lowest BCUT2D eigenvalue weighted by Crippen LogP contribution is -2.18. The van der Waals surface area contributed by atoms with Gasteiger partial charge in [0.1, 0.15) is 11.6 Å². The number of aliphatic imine (C=N–C) groups is 2. The van der Waals surface area contributed by atoms with Crippen LogP contribution < -0.4 is 0 Å². The minimum atomic E-state index is -0.323. The summed E-state index contributed by atoms with van der Waals surface area (Å²) in [6.45, 7) is 17.3. The Morgan fingerprint density at radius 3 is 0.929 bits per heavy atom. The molecule has 0 N–H and O–H groups in total. The Balaban J connectivity index is 2.17. The van der Waals surface area contributed by atoms with Crippen LogP contribution in [0.25, 0.3) is 0 Å². The maximum absolute atomic E-state index is 14.2. The maximum atomic E-state index is 14.2. The molecule has 42 heavy (non-hydrogen) atoms. The fraction of sp³-hybridized carbons (Fsp3) is 0.316. The van der Waals surface area contributed by atoms with E-state index >= 15 is 0 Å². The fourth-order valence-electron chi connectivity index (χ4n) is 5.23. The Kier molecular flexibility index (Phi) is 9.88. The fourth-order valence-corrected chi connectivity index (χ4v) is 5.23. The Hall–Kier alpha value is -3.92. The summed E-state index contributed by atoms with van der Waals surface area (Å²) in [6, 6.07) is 25.5. The van der Waals surface area contributed by atoms with Crippen molar-refractivity contribution in [3.05, 3.63) is 130 Å². The molecule has 0 heterocycles. The topological polar surface area (TPSA) is 24.7 Å². The van der Waals surface area contributed by atoms with E-state index in [-0.39, 0.29) is 35.3 Å². The SMILES string of the molecule is CC(C)c1cccc(C(C)C)c1N=C(C(=Nc1c(C(C)C)cccc1C(C)C)c1ccc(F)cc1)c1ccc(F)cc1. The van der Waals surface area contributed by atoms with Crippen molar-refractivity contribution in [2.75, 3.05) is 0 Å². The molecule has 0 bridgehead atoms. The molecule has 0 saturated carbocycles. The van der Waals surface area contributed by atoms with E-state index in [1.807, 2.05) is 0 Å². The van der Waals surface area contributed by atoms with Gasteiger partial charge in [-0.05, 0) is 94.5 Å². The normalized spacial score (nSPS) is 12.7. The maximum Gasteiger partial charge on any atom is 0.123 e. The molecule has 0 aromatic heterocycles. The van der Waals surface area contributed by atoms with Gasteiger partial charge in [0.15, 0.2) is 0 Å². The summed E-state index contributed by atoms with van der Waals surface area (Å²) >= 11 is 0. The Labute approximate surface area is 250 Å². The number of hydrogen-bond donors (Lipinski definition) is 0. The molecule has 4 heteroatoms. The zero-order chi connectivity index (χ0) is 30.6. The smallest absolute Gasteiger partial charge is 0.123 e. The van der Waals surface area contributed by atoms with Crippen molar-refractivity contribution in [2.24, 2.45) is 9.98 Å². The van der Waals surface area contributed by atoms with Crippen LogP contribution in [-0.2, 0) is 0 Å². The predicted octanol–water partition coefficient (Wildman–Crippen LogP) is 11.4. The van der Waals surface area contributed by atoms with Crippen molar-refractivity contribution in [3.63, 3.8) is 0 Å². The van der Waals surface area contributed by atoms with E-state index in [4.69, 9.17) is 9.98 Å². The van der Waals surface area contributed by atoms with Gasteiger partial charge in [0.05, 0.1) is 22.8 Å². The summed E-state index contributed by atoms with van der Waals surface area (Å²) in [5.41, 5.74) is 9.02. The number of rotatable bonds is 9. The highest BCUT2D eigenvalue weighted by Gasteiger charge is 2.22. The van der Waals surface area contributed by atoms with E-state index in [0.29, 0.717) is 11.4 Å². The van der Waals surface area contributed by atoms with Gasteiger partial charge >= 0.3 is 0 Å². The van der Waals surface area contributed by atoms with E-state index < -0.39 is 0 Å². The van der Waals surface area contributed by atoms with Crippen LogP contribution in [0.3, 0.4) is 0 Å². The summed E-state index contributed by atoms with van der Waals surface area (Å²) in [4.78, 5) is 10.8. The molecule has 0 aliphatic rings. The Morgan fingerprint density at radius 2 is 0.690 bits per heavy atom. The molecule has 4 aromatic carbocycles. The highest BCUT2D eigenvalue weighted by molar-refractivity contribution is 6.54. The molecule has 0 aliphatic heterocycles. The molecule has 0 spiro atoms. The number of nitrogens with zero attached hydrogens (tertiary/aromatic N) is 2. The summed E-state index contributed by atoms with van der Waals surface area (Å²) in [5.74, 6) is 0.288. The zero-order valence-electron chi connectivity index (χ0n) is 26.0. The van der Waals surface area contributed by atoms with Gasteiger partial charge < -0.3 is 0 Å². The summed E-state index contributed by atoms with van der Waals surface area (Å²) in [6.07, 6.45) is 0. The zero-order valence-corrected chi connectivity index (χ0v) is 26.0. The molecule has 0 unspecified atom stereocenters. The van der Waals surface area contributed by atoms with Crippen LogP contribution in [0.4, 0.5) is 20.2 Å². The van der Waals surface area contributed by atoms with Gasteiger partial charge in [-0.25, -0.2) is 18.8 Å². The van der Waals surface area contributed by atoms with E-state index in [1.54, 1.807) is 24.3 Å². The molecule has 0 amide bonds. The van der Waals surface area contributed by atoms with Crippen LogP contribution in [0.1, 0.15) is 112 Å². The predicted molar refractivity (Wildman–Crippen MR) is 174 cm³/mol. The minimum absolute atomic E-state index is 0.234. The first-order valence-corrected chi connectivity index (χ1v) is 14.9. The van der Waals surface area contributed by atoms with Crippen LogP contribution >= 0.6 is 0 Å². The van der Waals surface area contributed by atoms with E-state index in [0.717, 1.165) is 44.8 Å². The summed E-state index contributed by atoms with van der Waals surface area (Å²) < 4.78 is 28.4. The van der Waals surface area contributed by atoms with Gasteiger partial charge in [0.25, 0.3) is 0 Å². The van der Waals surface area contributed by atoms with Crippen LogP contribution in [0.5, 0.6) is 0 Å². The third-order valence-corrected chi connectivity index (χ3v) is 7.59. The minimum Gasteiger partial charge on any atom is -0.246 e. The highest BCUT2D eigenvalue weighted by atomic mass is 19.1. The van der Waals surface area contributed by atoms with Crippen molar-refractivity contribution in [2.45, 2.75) is 79.1 Å². The molecular weight excluding hydrogens is 522 g/mol. The van der Waals surface area contributed by atoms with Crippen molar-refractivity contribution in [1.82, 2.24) is 0 Å². The van der Waals surface area contributed by atoms with Gasteiger partial charge in [-0.3, -0.25) is 0 Å². The lowest BCUT2D eigenvalue weighted by Gasteiger charge is -2.21.